The summed E-state index contributed by atoms with van der Waals surface area (Å²) in [6.07, 6.45) is 4.79. The van der Waals surface area contributed by atoms with Crippen molar-refractivity contribution in [2.45, 2.75) is 12.8 Å². The summed E-state index contributed by atoms with van der Waals surface area (Å²) in [4.78, 5) is 31.1. The molecule has 0 fully saturated rings. The molecule has 0 bridgehead atoms. The zero-order chi connectivity index (χ0) is 20.9. The number of hydrogen-bond donors (Lipinski definition) is 2. The zero-order valence-corrected chi connectivity index (χ0v) is 16.3. The van der Waals surface area contributed by atoms with Crippen LogP contribution in [-0.2, 0) is 12.8 Å². The lowest BCUT2D eigenvalue weighted by atomic mass is 10.0. The molecule has 152 valence electrons. The van der Waals surface area contributed by atoms with Gasteiger partial charge >= 0.3 is 6.03 Å². The average molecular weight is 404 g/mol. The first-order valence-corrected chi connectivity index (χ1v) is 9.75. The van der Waals surface area contributed by atoms with E-state index in [9.17, 15) is 14.0 Å². The van der Waals surface area contributed by atoms with Crippen molar-refractivity contribution in [3.05, 3.63) is 89.5 Å². The molecular formula is C23H21FN4O2. The molecule has 1 aromatic heterocycles. The number of rotatable bonds is 5. The summed E-state index contributed by atoms with van der Waals surface area (Å²) in [6.45, 7) is 0.977. The quantitative estimate of drug-likeness (QED) is 0.680. The molecule has 3 aromatic rings. The van der Waals surface area contributed by atoms with E-state index in [-0.39, 0.29) is 17.8 Å². The normalized spacial score (nSPS) is 12.4. The maximum atomic E-state index is 13.1. The van der Waals surface area contributed by atoms with E-state index < -0.39 is 0 Å². The Balaban J connectivity index is 1.42. The maximum Gasteiger partial charge on any atom is 0.326 e. The minimum Gasteiger partial charge on any atom is -0.352 e. The minimum atomic E-state index is -0.362. The van der Waals surface area contributed by atoms with Gasteiger partial charge in [-0.05, 0) is 66.4 Å². The van der Waals surface area contributed by atoms with Crippen molar-refractivity contribution in [3.63, 3.8) is 0 Å². The van der Waals surface area contributed by atoms with Gasteiger partial charge in [0.25, 0.3) is 5.91 Å². The maximum absolute atomic E-state index is 13.1. The number of carbonyl (C=O) groups excluding carboxylic acids is 2. The summed E-state index contributed by atoms with van der Waals surface area (Å²) in [6, 6.07) is 14.5. The third-order valence-electron chi connectivity index (χ3n) is 5.03. The highest BCUT2D eigenvalue weighted by molar-refractivity contribution is 6.05. The van der Waals surface area contributed by atoms with Crippen LogP contribution in [0, 0.1) is 5.82 Å². The molecule has 2 aromatic carbocycles. The monoisotopic (exact) mass is 404 g/mol. The van der Waals surface area contributed by atoms with Gasteiger partial charge in [0.15, 0.2) is 0 Å². The van der Waals surface area contributed by atoms with E-state index in [2.05, 4.69) is 15.6 Å². The van der Waals surface area contributed by atoms with Gasteiger partial charge in [-0.25, -0.2) is 9.18 Å². The predicted molar refractivity (Wildman–Crippen MR) is 113 cm³/mol. The molecule has 1 aliphatic rings. The van der Waals surface area contributed by atoms with Gasteiger partial charge in [0.05, 0.1) is 0 Å². The number of anilines is 2. The van der Waals surface area contributed by atoms with Gasteiger partial charge < -0.3 is 10.6 Å². The summed E-state index contributed by atoms with van der Waals surface area (Å²) >= 11 is 0. The molecule has 0 atom stereocenters. The third kappa shape index (κ3) is 4.30. The SMILES string of the molecule is O=C(NCCc1cccnc1)c1cccc2c1CCN2C(=O)Nc1ccc(F)cc1. The van der Waals surface area contributed by atoms with Crippen LogP contribution in [0.2, 0.25) is 0 Å². The van der Waals surface area contributed by atoms with E-state index in [1.54, 1.807) is 29.4 Å². The number of nitrogens with zero attached hydrogens (tertiary/aromatic N) is 2. The summed E-state index contributed by atoms with van der Waals surface area (Å²) in [5.41, 5.74) is 3.72. The number of fused-ring (bicyclic) bond motifs is 1. The van der Waals surface area contributed by atoms with Crippen molar-refractivity contribution in [2.75, 3.05) is 23.3 Å². The molecule has 0 unspecified atom stereocenters. The van der Waals surface area contributed by atoms with E-state index in [4.69, 9.17) is 0 Å². The van der Waals surface area contributed by atoms with E-state index in [0.717, 1.165) is 16.8 Å². The van der Waals surface area contributed by atoms with Crippen LogP contribution in [-0.4, -0.2) is 30.0 Å². The lowest BCUT2D eigenvalue weighted by molar-refractivity contribution is 0.0953. The largest absolute Gasteiger partial charge is 0.352 e. The first-order chi connectivity index (χ1) is 14.6. The number of carbonyl (C=O) groups is 2. The van der Waals surface area contributed by atoms with Crippen molar-refractivity contribution in [3.8, 4) is 0 Å². The Morgan fingerprint density at radius 1 is 1.07 bits per heavy atom. The fourth-order valence-corrected chi connectivity index (χ4v) is 3.54. The fraction of sp³-hybridized carbons (Fsp3) is 0.174. The molecule has 6 nitrogen and oxygen atoms in total. The Morgan fingerprint density at radius 3 is 2.67 bits per heavy atom. The molecule has 4 rings (SSSR count). The van der Waals surface area contributed by atoms with Gasteiger partial charge in [0.2, 0.25) is 0 Å². The molecule has 0 saturated carbocycles. The first kappa shape index (κ1) is 19.6. The van der Waals surface area contributed by atoms with Crippen molar-refractivity contribution in [1.29, 1.82) is 0 Å². The third-order valence-corrected chi connectivity index (χ3v) is 5.03. The number of pyridine rings is 1. The van der Waals surface area contributed by atoms with Crippen LogP contribution >= 0.6 is 0 Å². The van der Waals surface area contributed by atoms with Crippen LogP contribution < -0.4 is 15.5 Å². The molecule has 7 heteroatoms. The topological polar surface area (TPSA) is 74.3 Å². The van der Waals surface area contributed by atoms with E-state index in [1.807, 2.05) is 18.2 Å². The van der Waals surface area contributed by atoms with Crippen LogP contribution in [0.25, 0.3) is 0 Å². The zero-order valence-electron chi connectivity index (χ0n) is 16.3. The summed E-state index contributed by atoms with van der Waals surface area (Å²) in [7, 11) is 0. The molecule has 2 heterocycles. The number of nitrogens with one attached hydrogen (secondary N) is 2. The van der Waals surface area contributed by atoms with E-state index in [1.165, 1.54) is 24.3 Å². The van der Waals surface area contributed by atoms with E-state index >= 15 is 0 Å². The van der Waals surface area contributed by atoms with Crippen molar-refractivity contribution >= 4 is 23.3 Å². The fourth-order valence-electron chi connectivity index (χ4n) is 3.54. The van der Waals surface area contributed by atoms with Gasteiger partial charge in [-0.1, -0.05) is 12.1 Å². The second kappa shape index (κ2) is 8.73. The van der Waals surface area contributed by atoms with Crippen LogP contribution in [0.1, 0.15) is 21.5 Å². The Morgan fingerprint density at radius 2 is 1.90 bits per heavy atom. The Hall–Kier alpha value is -3.74. The first-order valence-electron chi connectivity index (χ1n) is 9.75. The van der Waals surface area contributed by atoms with Crippen molar-refractivity contribution in [1.82, 2.24) is 10.3 Å². The molecule has 30 heavy (non-hydrogen) atoms. The molecular weight excluding hydrogens is 383 g/mol. The average Bonchev–Trinajstić information content (AvgIpc) is 3.20. The Kier molecular flexibility index (Phi) is 5.70. The Bertz CT molecular complexity index is 1050. The standard InChI is InChI=1S/C23H21FN4O2/c24-17-6-8-18(9-7-17)27-23(30)28-14-11-19-20(4-1-5-21(19)28)22(29)26-13-10-16-3-2-12-25-15-16/h1-9,12,15H,10-11,13-14H2,(H,26,29)(H,27,30). The van der Waals surface area contributed by atoms with Gasteiger partial charge in [-0.2, -0.15) is 0 Å². The van der Waals surface area contributed by atoms with Gasteiger partial charge in [-0.3, -0.25) is 14.7 Å². The molecule has 0 saturated heterocycles. The van der Waals surface area contributed by atoms with Gasteiger partial charge in [0, 0.05) is 42.4 Å². The molecule has 3 amide bonds. The van der Waals surface area contributed by atoms with Crippen molar-refractivity contribution < 1.29 is 14.0 Å². The molecule has 0 aliphatic carbocycles. The van der Waals surface area contributed by atoms with Crippen LogP contribution in [0.3, 0.4) is 0 Å². The second-order valence-electron chi connectivity index (χ2n) is 7.01. The predicted octanol–water partition coefficient (Wildman–Crippen LogP) is 3.79. The lowest BCUT2D eigenvalue weighted by Crippen LogP contribution is -2.33. The van der Waals surface area contributed by atoms with Crippen LogP contribution in [0.4, 0.5) is 20.6 Å². The van der Waals surface area contributed by atoms with E-state index in [0.29, 0.717) is 37.2 Å². The van der Waals surface area contributed by atoms with Gasteiger partial charge in [-0.15, -0.1) is 0 Å². The highest BCUT2D eigenvalue weighted by Crippen LogP contribution is 2.31. The summed E-state index contributed by atoms with van der Waals surface area (Å²) in [5, 5.41) is 5.71. The van der Waals surface area contributed by atoms with Crippen LogP contribution in [0.15, 0.2) is 67.0 Å². The molecule has 1 aliphatic heterocycles. The van der Waals surface area contributed by atoms with Crippen LogP contribution in [0.5, 0.6) is 0 Å². The number of aromatic nitrogens is 1. The number of urea groups is 1. The number of hydrogen-bond acceptors (Lipinski definition) is 3. The summed E-state index contributed by atoms with van der Waals surface area (Å²) < 4.78 is 13.1. The number of benzene rings is 2. The minimum absolute atomic E-state index is 0.156. The Labute approximate surface area is 173 Å². The highest BCUT2D eigenvalue weighted by atomic mass is 19.1. The lowest BCUT2D eigenvalue weighted by Gasteiger charge is -2.18. The smallest absolute Gasteiger partial charge is 0.326 e. The summed E-state index contributed by atoms with van der Waals surface area (Å²) in [5.74, 6) is -0.518. The second-order valence-corrected chi connectivity index (χ2v) is 7.01. The number of halogens is 1. The van der Waals surface area contributed by atoms with Gasteiger partial charge in [0.1, 0.15) is 5.82 Å². The number of amides is 3. The molecule has 0 spiro atoms. The van der Waals surface area contributed by atoms with Crippen molar-refractivity contribution in [2.24, 2.45) is 0 Å². The molecule has 0 radical (unpaired) electrons. The molecule has 2 N–H and O–H groups in total. The highest BCUT2D eigenvalue weighted by Gasteiger charge is 2.28.